The summed E-state index contributed by atoms with van der Waals surface area (Å²) in [7, 11) is 0. The highest BCUT2D eigenvalue weighted by molar-refractivity contribution is 6.21. The van der Waals surface area contributed by atoms with Crippen LogP contribution < -0.4 is 0 Å². The van der Waals surface area contributed by atoms with Crippen LogP contribution in [-0.4, -0.2) is 60.2 Å². The molecule has 2 amide bonds. The summed E-state index contributed by atoms with van der Waals surface area (Å²) >= 11 is 0. The lowest BCUT2D eigenvalue weighted by atomic mass is 9.87. The lowest BCUT2D eigenvalue weighted by Gasteiger charge is -2.45. The van der Waals surface area contributed by atoms with Crippen molar-refractivity contribution in [3.05, 3.63) is 71.3 Å². The molecule has 4 rings (SSSR count). The minimum absolute atomic E-state index is 0.0181. The summed E-state index contributed by atoms with van der Waals surface area (Å²) < 4.78 is 11.9. The SMILES string of the molecule is CCOC(OCC)C1CCN([C@@H](C)c2ccccc2)[C@@H](CN2C(=O)c3ccccc3C2=O)C1. The molecule has 0 bridgehead atoms. The number of amides is 2. The van der Waals surface area contributed by atoms with Crippen molar-refractivity contribution in [3.8, 4) is 0 Å². The van der Waals surface area contributed by atoms with E-state index in [2.05, 4.69) is 36.1 Å². The van der Waals surface area contributed by atoms with Gasteiger partial charge in [-0.2, -0.15) is 0 Å². The number of ether oxygens (including phenoxy) is 2. The van der Waals surface area contributed by atoms with E-state index in [4.69, 9.17) is 9.47 Å². The van der Waals surface area contributed by atoms with Crippen LogP contribution >= 0.6 is 0 Å². The van der Waals surface area contributed by atoms with Crippen molar-refractivity contribution >= 4 is 11.8 Å². The molecular formula is C27H34N2O4. The monoisotopic (exact) mass is 450 g/mol. The summed E-state index contributed by atoms with van der Waals surface area (Å²) in [5.41, 5.74) is 2.23. The zero-order valence-electron chi connectivity index (χ0n) is 19.8. The number of carbonyl (C=O) groups excluding carboxylic acids is 2. The Kier molecular flexibility index (Phi) is 7.58. The Bertz CT molecular complexity index is 923. The number of likely N-dealkylation sites (tertiary alicyclic amines) is 1. The Morgan fingerprint density at radius 3 is 2.06 bits per heavy atom. The van der Waals surface area contributed by atoms with Gasteiger partial charge >= 0.3 is 0 Å². The van der Waals surface area contributed by atoms with Crippen LogP contribution in [-0.2, 0) is 9.47 Å². The largest absolute Gasteiger partial charge is 0.353 e. The summed E-state index contributed by atoms with van der Waals surface area (Å²) in [5.74, 6) is -0.184. The zero-order valence-corrected chi connectivity index (χ0v) is 19.8. The third kappa shape index (κ3) is 4.88. The summed E-state index contributed by atoms with van der Waals surface area (Å²) in [6.07, 6.45) is 1.48. The number of hydrogen-bond acceptors (Lipinski definition) is 5. The molecule has 0 radical (unpaired) electrons. The van der Waals surface area contributed by atoms with Gasteiger partial charge in [0.2, 0.25) is 0 Å². The Morgan fingerprint density at radius 2 is 1.48 bits per heavy atom. The van der Waals surface area contributed by atoms with Gasteiger partial charge in [-0.3, -0.25) is 19.4 Å². The van der Waals surface area contributed by atoms with Crippen LogP contribution in [0.25, 0.3) is 0 Å². The predicted octanol–water partition coefficient (Wildman–Crippen LogP) is 4.52. The quantitative estimate of drug-likeness (QED) is 0.415. The van der Waals surface area contributed by atoms with Crippen LogP contribution in [0.15, 0.2) is 54.6 Å². The lowest BCUT2D eigenvalue weighted by molar-refractivity contribution is -0.180. The fraction of sp³-hybridized carbons (Fsp3) is 0.481. The minimum Gasteiger partial charge on any atom is -0.353 e. The summed E-state index contributed by atoms with van der Waals surface area (Å²) in [4.78, 5) is 30.0. The second kappa shape index (κ2) is 10.6. The van der Waals surface area contributed by atoms with Crippen LogP contribution in [0.1, 0.15) is 65.9 Å². The number of rotatable bonds is 9. The third-order valence-corrected chi connectivity index (χ3v) is 6.90. The van der Waals surface area contributed by atoms with Crippen molar-refractivity contribution in [3.63, 3.8) is 0 Å². The Labute approximate surface area is 196 Å². The average molecular weight is 451 g/mol. The molecule has 2 aliphatic heterocycles. The lowest BCUT2D eigenvalue weighted by Crippen LogP contribution is -2.52. The molecule has 176 valence electrons. The molecule has 1 fully saturated rings. The third-order valence-electron chi connectivity index (χ3n) is 6.90. The van der Waals surface area contributed by atoms with E-state index in [1.54, 1.807) is 12.1 Å². The predicted molar refractivity (Wildman–Crippen MR) is 127 cm³/mol. The van der Waals surface area contributed by atoms with Gasteiger partial charge in [-0.25, -0.2) is 0 Å². The highest BCUT2D eigenvalue weighted by Gasteiger charge is 2.41. The molecule has 2 aromatic rings. The van der Waals surface area contributed by atoms with Gasteiger partial charge in [-0.15, -0.1) is 0 Å². The van der Waals surface area contributed by atoms with Crippen LogP contribution in [0.2, 0.25) is 0 Å². The second-order valence-electron chi connectivity index (χ2n) is 8.81. The molecule has 2 heterocycles. The molecule has 6 heteroatoms. The van der Waals surface area contributed by atoms with E-state index in [1.807, 2.05) is 32.0 Å². The van der Waals surface area contributed by atoms with Gasteiger partial charge in [0.15, 0.2) is 6.29 Å². The number of benzene rings is 2. The zero-order chi connectivity index (χ0) is 23.4. The summed E-state index contributed by atoms with van der Waals surface area (Å²) in [5, 5.41) is 0. The summed E-state index contributed by atoms with van der Waals surface area (Å²) in [6.45, 7) is 8.57. The van der Waals surface area contributed by atoms with E-state index >= 15 is 0 Å². The van der Waals surface area contributed by atoms with E-state index < -0.39 is 0 Å². The van der Waals surface area contributed by atoms with Crippen molar-refractivity contribution < 1.29 is 19.1 Å². The minimum atomic E-state index is -0.265. The van der Waals surface area contributed by atoms with Gasteiger partial charge in [-0.05, 0) is 57.9 Å². The maximum Gasteiger partial charge on any atom is 0.261 e. The first-order chi connectivity index (χ1) is 16.0. The molecule has 0 saturated carbocycles. The van der Waals surface area contributed by atoms with E-state index in [0.717, 1.165) is 19.4 Å². The van der Waals surface area contributed by atoms with Gasteiger partial charge < -0.3 is 9.47 Å². The Hall–Kier alpha value is -2.54. The van der Waals surface area contributed by atoms with Crippen molar-refractivity contribution in [1.29, 1.82) is 0 Å². The van der Waals surface area contributed by atoms with Crippen molar-refractivity contribution in [2.24, 2.45) is 5.92 Å². The first-order valence-electron chi connectivity index (χ1n) is 12.0. The van der Waals surface area contributed by atoms with Gasteiger partial charge in [-0.1, -0.05) is 42.5 Å². The van der Waals surface area contributed by atoms with E-state index in [0.29, 0.717) is 30.9 Å². The molecule has 2 aliphatic rings. The van der Waals surface area contributed by atoms with Crippen LogP contribution in [0.3, 0.4) is 0 Å². The van der Waals surface area contributed by atoms with Crippen molar-refractivity contribution in [2.45, 2.75) is 52.0 Å². The average Bonchev–Trinajstić information content (AvgIpc) is 3.09. The molecule has 3 atom stereocenters. The van der Waals surface area contributed by atoms with E-state index in [9.17, 15) is 9.59 Å². The number of hydrogen-bond donors (Lipinski definition) is 0. The molecule has 0 spiro atoms. The maximum atomic E-state index is 13.1. The fourth-order valence-electron chi connectivity index (χ4n) is 5.22. The van der Waals surface area contributed by atoms with E-state index in [-0.39, 0.29) is 36.1 Å². The van der Waals surface area contributed by atoms with Crippen LogP contribution in [0.5, 0.6) is 0 Å². The van der Waals surface area contributed by atoms with Crippen molar-refractivity contribution in [1.82, 2.24) is 9.80 Å². The van der Waals surface area contributed by atoms with E-state index in [1.165, 1.54) is 10.5 Å². The summed E-state index contributed by atoms with van der Waals surface area (Å²) in [6, 6.07) is 17.7. The standard InChI is InChI=1S/C27H34N2O4/c1-4-32-27(33-5-2)21-15-16-28(19(3)20-11-7-6-8-12-20)22(17-21)18-29-25(30)23-13-9-10-14-24(23)26(29)31/h6-14,19,21-22,27H,4-5,15-18H2,1-3H3/t19-,21?,22+/m0/s1. The van der Waals surface area contributed by atoms with Crippen LogP contribution in [0.4, 0.5) is 0 Å². The topological polar surface area (TPSA) is 59.1 Å². The smallest absolute Gasteiger partial charge is 0.261 e. The molecule has 33 heavy (non-hydrogen) atoms. The molecule has 1 unspecified atom stereocenters. The van der Waals surface area contributed by atoms with Crippen LogP contribution in [0, 0.1) is 5.92 Å². The maximum absolute atomic E-state index is 13.1. The first kappa shape index (κ1) is 23.6. The van der Waals surface area contributed by atoms with Gasteiger partial charge in [0.1, 0.15) is 0 Å². The molecule has 1 saturated heterocycles. The van der Waals surface area contributed by atoms with Gasteiger partial charge in [0.05, 0.1) is 11.1 Å². The number of nitrogens with zero attached hydrogens (tertiary/aromatic N) is 2. The molecular weight excluding hydrogens is 416 g/mol. The molecule has 2 aromatic carbocycles. The fourth-order valence-corrected chi connectivity index (χ4v) is 5.22. The van der Waals surface area contributed by atoms with Gasteiger partial charge in [0.25, 0.3) is 11.8 Å². The highest BCUT2D eigenvalue weighted by atomic mass is 16.7. The number of imide groups is 1. The molecule has 0 aliphatic carbocycles. The first-order valence-corrected chi connectivity index (χ1v) is 12.0. The number of piperidine rings is 1. The van der Waals surface area contributed by atoms with Crippen molar-refractivity contribution in [2.75, 3.05) is 26.3 Å². The number of fused-ring (bicyclic) bond motifs is 1. The molecule has 0 aromatic heterocycles. The Morgan fingerprint density at radius 1 is 0.909 bits per heavy atom. The normalized spacial score (nSPS) is 22.1. The molecule has 6 nitrogen and oxygen atoms in total. The number of carbonyl (C=O) groups is 2. The molecule has 0 N–H and O–H groups in total. The Balaban J connectivity index is 1.59. The highest BCUT2D eigenvalue weighted by Crippen LogP contribution is 2.35. The van der Waals surface area contributed by atoms with Gasteiger partial charge in [0, 0.05) is 37.8 Å². The second-order valence-corrected chi connectivity index (χ2v) is 8.81.